The van der Waals surface area contributed by atoms with E-state index in [0.29, 0.717) is 5.56 Å². The standard InChI is InChI=1S/C20H26Cl2N2O5/c1-20(2,3)15(23)13(18(26)28-4)14(19(27)29-5)24(17(25)16(21)22)11-12-9-7-6-8-10-12/h6-10,13-14,16,23H,11H2,1-5H3. The van der Waals surface area contributed by atoms with Crippen LogP contribution in [0.2, 0.25) is 0 Å². The third-order valence-corrected chi connectivity index (χ3v) is 4.71. The fourth-order valence-corrected chi connectivity index (χ4v) is 3.03. The molecular weight excluding hydrogens is 419 g/mol. The third kappa shape index (κ3) is 6.44. The van der Waals surface area contributed by atoms with Gasteiger partial charge in [-0.2, -0.15) is 0 Å². The summed E-state index contributed by atoms with van der Waals surface area (Å²) in [6.07, 6.45) is 0. The molecule has 0 aromatic heterocycles. The summed E-state index contributed by atoms with van der Waals surface area (Å²) in [6.45, 7) is 5.08. The molecule has 0 aliphatic heterocycles. The van der Waals surface area contributed by atoms with Crippen LogP contribution in [-0.2, 0) is 30.4 Å². The van der Waals surface area contributed by atoms with Crippen molar-refractivity contribution < 1.29 is 23.9 Å². The maximum absolute atomic E-state index is 12.8. The summed E-state index contributed by atoms with van der Waals surface area (Å²) in [5, 5.41) is 8.54. The van der Waals surface area contributed by atoms with E-state index in [0.717, 1.165) is 19.1 Å². The van der Waals surface area contributed by atoms with Crippen molar-refractivity contribution in [2.75, 3.05) is 14.2 Å². The number of benzene rings is 1. The van der Waals surface area contributed by atoms with Gasteiger partial charge >= 0.3 is 11.9 Å². The molecule has 29 heavy (non-hydrogen) atoms. The van der Waals surface area contributed by atoms with Crippen LogP contribution in [-0.4, -0.2) is 53.6 Å². The van der Waals surface area contributed by atoms with Crippen molar-refractivity contribution in [2.45, 2.75) is 38.2 Å². The highest BCUT2D eigenvalue weighted by Gasteiger charge is 2.47. The first-order valence-corrected chi connectivity index (χ1v) is 9.70. The minimum Gasteiger partial charge on any atom is -0.468 e. The van der Waals surface area contributed by atoms with Crippen LogP contribution < -0.4 is 0 Å². The molecule has 1 rings (SSSR count). The highest BCUT2D eigenvalue weighted by Crippen LogP contribution is 2.29. The summed E-state index contributed by atoms with van der Waals surface area (Å²) >= 11 is 11.6. The number of alkyl halides is 2. The number of carbonyl (C=O) groups is 3. The Balaban J connectivity index is 3.60. The lowest BCUT2D eigenvalue weighted by molar-refractivity contribution is -0.160. The van der Waals surface area contributed by atoms with Gasteiger partial charge in [0.15, 0.2) is 4.84 Å². The molecule has 0 aliphatic rings. The summed E-state index contributed by atoms with van der Waals surface area (Å²) in [5.41, 5.74) is -0.200. The van der Waals surface area contributed by atoms with E-state index in [9.17, 15) is 14.4 Å². The van der Waals surface area contributed by atoms with Gasteiger partial charge in [-0.05, 0) is 5.56 Å². The van der Waals surface area contributed by atoms with Gasteiger partial charge in [0.2, 0.25) is 0 Å². The molecule has 1 N–H and O–H groups in total. The molecule has 2 atom stereocenters. The molecule has 0 aliphatic carbocycles. The predicted octanol–water partition coefficient (Wildman–Crippen LogP) is 3.22. The molecule has 0 fully saturated rings. The van der Waals surface area contributed by atoms with Gasteiger partial charge in [-0.25, -0.2) is 4.79 Å². The summed E-state index contributed by atoms with van der Waals surface area (Å²) in [4.78, 5) is 37.8. The highest BCUT2D eigenvalue weighted by molar-refractivity contribution is 6.53. The second-order valence-corrected chi connectivity index (χ2v) is 8.48. The SMILES string of the molecule is COC(=O)C(C(=N)C(C)(C)C)C(C(=O)OC)N(Cc1ccccc1)C(=O)C(Cl)Cl. The number of methoxy groups -OCH3 is 2. The van der Waals surface area contributed by atoms with Gasteiger partial charge in [0.25, 0.3) is 5.91 Å². The van der Waals surface area contributed by atoms with Crippen molar-refractivity contribution in [1.82, 2.24) is 4.90 Å². The molecule has 0 saturated carbocycles. The minimum absolute atomic E-state index is 0.0691. The first-order chi connectivity index (χ1) is 13.4. The van der Waals surface area contributed by atoms with Crippen molar-refractivity contribution in [3.8, 4) is 0 Å². The van der Waals surface area contributed by atoms with Crippen LogP contribution in [0.1, 0.15) is 26.3 Å². The van der Waals surface area contributed by atoms with E-state index < -0.39 is 40.1 Å². The zero-order valence-corrected chi connectivity index (χ0v) is 18.6. The van der Waals surface area contributed by atoms with Gasteiger partial charge in [-0.3, -0.25) is 9.59 Å². The molecular formula is C20H26Cl2N2O5. The number of amides is 1. The van der Waals surface area contributed by atoms with Crippen molar-refractivity contribution in [1.29, 1.82) is 5.41 Å². The Hall–Kier alpha value is -2.12. The molecule has 2 unspecified atom stereocenters. The molecule has 160 valence electrons. The highest BCUT2D eigenvalue weighted by atomic mass is 35.5. The summed E-state index contributed by atoms with van der Waals surface area (Å²) in [7, 11) is 2.28. The van der Waals surface area contributed by atoms with Crippen LogP contribution in [0.3, 0.4) is 0 Å². The molecule has 0 spiro atoms. The van der Waals surface area contributed by atoms with E-state index in [4.69, 9.17) is 38.1 Å². The maximum Gasteiger partial charge on any atom is 0.329 e. The van der Waals surface area contributed by atoms with Gasteiger partial charge in [-0.15, -0.1) is 0 Å². The third-order valence-electron chi connectivity index (χ3n) is 4.33. The van der Waals surface area contributed by atoms with Crippen molar-refractivity contribution in [3.05, 3.63) is 35.9 Å². The zero-order valence-electron chi connectivity index (χ0n) is 17.1. The van der Waals surface area contributed by atoms with Crippen molar-refractivity contribution in [3.63, 3.8) is 0 Å². The monoisotopic (exact) mass is 444 g/mol. The number of esters is 2. The van der Waals surface area contributed by atoms with Gasteiger partial charge in [0, 0.05) is 17.7 Å². The van der Waals surface area contributed by atoms with E-state index >= 15 is 0 Å². The molecule has 1 amide bonds. The van der Waals surface area contributed by atoms with Crippen LogP contribution in [0.15, 0.2) is 30.3 Å². The Morgan fingerprint density at radius 2 is 1.55 bits per heavy atom. The molecule has 9 heteroatoms. The smallest absolute Gasteiger partial charge is 0.329 e. The predicted molar refractivity (Wildman–Crippen MR) is 111 cm³/mol. The zero-order chi connectivity index (χ0) is 22.4. The van der Waals surface area contributed by atoms with E-state index in [1.54, 1.807) is 51.1 Å². The van der Waals surface area contributed by atoms with E-state index in [1.165, 1.54) is 0 Å². The van der Waals surface area contributed by atoms with Gasteiger partial charge in [0.05, 0.1) is 14.2 Å². The normalized spacial score (nSPS) is 13.4. The maximum atomic E-state index is 12.8. The number of carbonyl (C=O) groups excluding carboxylic acids is 3. The van der Waals surface area contributed by atoms with Crippen LogP contribution in [0.4, 0.5) is 0 Å². The average molecular weight is 445 g/mol. The lowest BCUT2D eigenvalue weighted by Crippen LogP contribution is -2.56. The van der Waals surface area contributed by atoms with Gasteiger partial charge in [0.1, 0.15) is 12.0 Å². The molecule has 1 aromatic carbocycles. The first-order valence-electron chi connectivity index (χ1n) is 8.82. The van der Waals surface area contributed by atoms with E-state index in [1.807, 2.05) is 0 Å². The first kappa shape index (κ1) is 24.9. The summed E-state index contributed by atoms with van der Waals surface area (Å²) < 4.78 is 9.73. The lowest BCUT2D eigenvalue weighted by Gasteiger charge is -2.37. The average Bonchev–Trinajstić information content (AvgIpc) is 2.68. The molecule has 0 bridgehead atoms. The van der Waals surface area contributed by atoms with Crippen molar-refractivity contribution >= 4 is 46.8 Å². The fourth-order valence-electron chi connectivity index (χ4n) is 2.78. The van der Waals surface area contributed by atoms with E-state index in [2.05, 4.69) is 0 Å². The Kier molecular flexibility index (Phi) is 9.11. The minimum atomic E-state index is -1.48. The lowest BCUT2D eigenvalue weighted by atomic mass is 9.78. The van der Waals surface area contributed by atoms with Crippen LogP contribution in [0.5, 0.6) is 0 Å². The quantitative estimate of drug-likeness (QED) is 0.377. The van der Waals surface area contributed by atoms with Crippen LogP contribution in [0.25, 0.3) is 0 Å². The second-order valence-electron chi connectivity index (χ2n) is 7.38. The second kappa shape index (κ2) is 10.6. The number of hydrogen-bond acceptors (Lipinski definition) is 6. The Bertz CT molecular complexity index is 747. The largest absolute Gasteiger partial charge is 0.468 e. The number of rotatable bonds is 8. The summed E-state index contributed by atoms with van der Waals surface area (Å²) in [6, 6.07) is 7.33. The molecule has 7 nitrogen and oxygen atoms in total. The number of ether oxygens (including phenoxy) is 2. The van der Waals surface area contributed by atoms with Crippen LogP contribution >= 0.6 is 23.2 Å². The number of nitrogens with one attached hydrogen (secondary N) is 1. The topological polar surface area (TPSA) is 96.8 Å². The molecule has 1 aromatic rings. The number of nitrogens with zero attached hydrogens (tertiary/aromatic N) is 1. The molecule has 0 radical (unpaired) electrons. The van der Waals surface area contributed by atoms with Crippen molar-refractivity contribution in [2.24, 2.45) is 11.3 Å². The molecule has 0 saturated heterocycles. The Morgan fingerprint density at radius 1 is 1.03 bits per heavy atom. The Morgan fingerprint density at radius 3 is 1.97 bits per heavy atom. The van der Waals surface area contributed by atoms with E-state index in [-0.39, 0.29) is 12.3 Å². The van der Waals surface area contributed by atoms with Gasteiger partial charge in [-0.1, -0.05) is 74.3 Å². The summed E-state index contributed by atoms with van der Waals surface area (Å²) in [5.74, 6) is -3.91. The fraction of sp³-hybridized carbons (Fsp3) is 0.500. The Labute approximate surface area is 180 Å². The number of hydrogen-bond donors (Lipinski definition) is 1. The number of halogens is 2. The molecule has 0 heterocycles. The van der Waals surface area contributed by atoms with Crippen LogP contribution in [0, 0.1) is 16.7 Å². The van der Waals surface area contributed by atoms with Gasteiger partial charge < -0.3 is 19.8 Å².